The molecule has 1 aliphatic carbocycles. The molecule has 0 spiro atoms. The van der Waals surface area contributed by atoms with E-state index in [9.17, 15) is 4.79 Å². The van der Waals surface area contributed by atoms with E-state index in [-0.39, 0.29) is 12.0 Å². The third-order valence-electron chi connectivity index (χ3n) is 3.87. The molecule has 0 aromatic heterocycles. The van der Waals surface area contributed by atoms with E-state index in [1.807, 2.05) is 0 Å². The molecule has 0 bridgehead atoms. The number of amides is 1. The van der Waals surface area contributed by atoms with E-state index >= 15 is 0 Å². The first-order valence-corrected chi connectivity index (χ1v) is 7.20. The van der Waals surface area contributed by atoms with Crippen molar-refractivity contribution in [3.05, 3.63) is 35.4 Å². The lowest BCUT2D eigenvalue weighted by atomic mass is 9.82. The molecule has 0 radical (unpaired) electrons. The summed E-state index contributed by atoms with van der Waals surface area (Å²) in [7, 11) is 0. The van der Waals surface area contributed by atoms with Gasteiger partial charge in [-0.05, 0) is 42.7 Å². The Labute approximate surface area is 115 Å². The summed E-state index contributed by atoms with van der Waals surface area (Å²) < 4.78 is 0. The topological polar surface area (TPSA) is 49.3 Å². The third-order valence-corrected chi connectivity index (χ3v) is 3.87. The fourth-order valence-electron chi connectivity index (χ4n) is 2.41. The molecule has 0 unspecified atom stereocenters. The summed E-state index contributed by atoms with van der Waals surface area (Å²) in [4.78, 5) is 11.7. The zero-order valence-electron chi connectivity index (χ0n) is 11.6. The Balaban J connectivity index is 1.65. The maximum atomic E-state index is 11.7. The predicted molar refractivity (Wildman–Crippen MR) is 75.9 cm³/mol. The smallest absolute Gasteiger partial charge is 0.220 e. The highest BCUT2D eigenvalue weighted by atomic mass is 16.3. The molecule has 3 heteroatoms. The lowest BCUT2D eigenvalue weighted by Crippen LogP contribution is -2.38. The zero-order chi connectivity index (χ0) is 13.7. The van der Waals surface area contributed by atoms with Crippen molar-refractivity contribution in [3.63, 3.8) is 0 Å². The molecule has 1 aromatic carbocycles. The van der Waals surface area contributed by atoms with Crippen LogP contribution < -0.4 is 5.32 Å². The van der Waals surface area contributed by atoms with Gasteiger partial charge < -0.3 is 10.4 Å². The van der Waals surface area contributed by atoms with Crippen LogP contribution in [0.5, 0.6) is 0 Å². The molecule has 1 saturated carbocycles. The van der Waals surface area contributed by atoms with Gasteiger partial charge in [0.05, 0.1) is 6.10 Å². The maximum Gasteiger partial charge on any atom is 0.220 e. The Morgan fingerprint density at radius 1 is 1.26 bits per heavy atom. The molecular weight excluding hydrogens is 238 g/mol. The van der Waals surface area contributed by atoms with Crippen LogP contribution in [0.4, 0.5) is 0 Å². The van der Waals surface area contributed by atoms with Crippen LogP contribution >= 0.6 is 0 Å². The van der Waals surface area contributed by atoms with Crippen molar-refractivity contribution in [1.82, 2.24) is 5.32 Å². The first-order valence-electron chi connectivity index (χ1n) is 7.20. The second-order valence-corrected chi connectivity index (χ2v) is 5.47. The lowest BCUT2D eigenvalue weighted by Gasteiger charge is -2.31. The average molecular weight is 261 g/mol. The second kappa shape index (κ2) is 6.71. The number of hydrogen-bond acceptors (Lipinski definition) is 2. The molecule has 2 rings (SSSR count). The van der Waals surface area contributed by atoms with Gasteiger partial charge in [0.15, 0.2) is 0 Å². The van der Waals surface area contributed by atoms with Crippen molar-refractivity contribution < 1.29 is 9.90 Å². The van der Waals surface area contributed by atoms with Crippen molar-refractivity contribution in [2.45, 2.75) is 45.1 Å². The molecule has 0 aliphatic heterocycles. The number of benzene rings is 1. The Kier molecular flexibility index (Phi) is 4.97. The fourth-order valence-corrected chi connectivity index (χ4v) is 2.41. The normalized spacial score (nSPS) is 21.8. The minimum atomic E-state index is -0.140. The number of aliphatic hydroxyl groups is 1. The van der Waals surface area contributed by atoms with Crippen LogP contribution in [0.1, 0.15) is 37.3 Å². The molecule has 0 saturated heterocycles. The van der Waals surface area contributed by atoms with Gasteiger partial charge in [0.1, 0.15) is 0 Å². The maximum absolute atomic E-state index is 11.7. The Hall–Kier alpha value is -1.35. The van der Waals surface area contributed by atoms with Gasteiger partial charge >= 0.3 is 0 Å². The summed E-state index contributed by atoms with van der Waals surface area (Å²) in [5.41, 5.74) is 2.54. The molecule has 1 fully saturated rings. The average Bonchev–Trinajstić information content (AvgIpc) is 2.40. The minimum absolute atomic E-state index is 0.112. The molecule has 1 aliphatic rings. The second-order valence-electron chi connectivity index (χ2n) is 5.47. The van der Waals surface area contributed by atoms with E-state index in [1.165, 1.54) is 11.1 Å². The summed E-state index contributed by atoms with van der Waals surface area (Å²) in [5.74, 6) is 0.587. The van der Waals surface area contributed by atoms with Crippen LogP contribution in [-0.4, -0.2) is 23.7 Å². The molecule has 1 amide bonds. The van der Waals surface area contributed by atoms with Crippen molar-refractivity contribution in [2.24, 2.45) is 5.92 Å². The van der Waals surface area contributed by atoms with Crippen molar-refractivity contribution in [2.75, 3.05) is 6.54 Å². The van der Waals surface area contributed by atoms with Gasteiger partial charge in [-0.3, -0.25) is 4.79 Å². The standard InChI is InChI=1S/C16H23NO2/c1-2-12-3-5-13(6-4-12)7-8-16(19)17-11-14-9-15(18)10-14/h3-6,14-15,18H,2,7-11H2,1H3,(H,17,19). The quantitative estimate of drug-likeness (QED) is 0.823. The van der Waals surface area contributed by atoms with E-state index in [2.05, 4.69) is 36.5 Å². The summed E-state index contributed by atoms with van der Waals surface area (Å²) in [6.07, 6.45) is 3.91. The van der Waals surface area contributed by atoms with Gasteiger partial charge in [0.2, 0.25) is 5.91 Å². The largest absolute Gasteiger partial charge is 0.393 e. The summed E-state index contributed by atoms with van der Waals surface area (Å²) in [6.45, 7) is 2.85. The lowest BCUT2D eigenvalue weighted by molar-refractivity contribution is -0.121. The summed E-state index contributed by atoms with van der Waals surface area (Å²) in [5, 5.41) is 12.1. The molecule has 19 heavy (non-hydrogen) atoms. The van der Waals surface area contributed by atoms with Crippen LogP contribution in [0.15, 0.2) is 24.3 Å². The Morgan fingerprint density at radius 3 is 2.47 bits per heavy atom. The highest BCUT2D eigenvalue weighted by Gasteiger charge is 2.26. The number of rotatable bonds is 6. The van der Waals surface area contributed by atoms with Crippen LogP contribution in [-0.2, 0) is 17.6 Å². The van der Waals surface area contributed by atoms with Crippen molar-refractivity contribution in [3.8, 4) is 0 Å². The molecular formula is C16H23NO2. The Morgan fingerprint density at radius 2 is 1.89 bits per heavy atom. The van der Waals surface area contributed by atoms with E-state index in [4.69, 9.17) is 5.11 Å². The van der Waals surface area contributed by atoms with Crippen LogP contribution in [0.3, 0.4) is 0 Å². The third kappa shape index (κ3) is 4.35. The predicted octanol–water partition coefficient (Wildman–Crippen LogP) is 2.07. The number of carbonyl (C=O) groups is 1. The van der Waals surface area contributed by atoms with Crippen LogP contribution in [0.25, 0.3) is 0 Å². The van der Waals surface area contributed by atoms with Crippen LogP contribution in [0, 0.1) is 5.92 Å². The number of carbonyl (C=O) groups excluding carboxylic acids is 1. The van der Waals surface area contributed by atoms with Crippen LogP contribution in [0.2, 0.25) is 0 Å². The number of aryl methyl sites for hydroxylation is 2. The minimum Gasteiger partial charge on any atom is -0.393 e. The highest BCUT2D eigenvalue weighted by molar-refractivity contribution is 5.76. The molecule has 0 atom stereocenters. The van der Waals surface area contributed by atoms with E-state index in [0.717, 1.165) is 25.7 Å². The van der Waals surface area contributed by atoms with Crippen molar-refractivity contribution in [1.29, 1.82) is 0 Å². The molecule has 2 N–H and O–H groups in total. The molecule has 1 aromatic rings. The van der Waals surface area contributed by atoms with Gasteiger partial charge in [-0.15, -0.1) is 0 Å². The summed E-state index contributed by atoms with van der Waals surface area (Å²) >= 11 is 0. The summed E-state index contributed by atoms with van der Waals surface area (Å²) in [6, 6.07) is 8.47. The monoisotopic (exact) mass is 261 g/mol. The van der Waals surface area contributed by atoms with Gasteiger partial charge in [-0.2, -0.15) is 0 Å². The highest BCUT2D eigenvalue weighted by Crippen LogP contribution is 2.26. The van der Waals surface area contributed by atoms with Gasteiger partial charge in [0.25, 0.3) is 0 Å². The first-order chi connectivity index (χ1) is 9.17. The van der Waals surface area contributed by atoms with E-state index in [0.29, 0.717) is 18.9 Å². The fraction of sp³-hybridized carbons (Fsp3) is 0.562. The van der Waals surface area contributed by atoms with Gasteiger partial charge in [-0.25, -0.2) is 0 Å². The first kappa shape index (κ1) is 14.1. The van der Waals surface area contributed by atoms with Gasteiger partial charge in [0, 0.05) is 13.0 Å². The molecule has 3 nitrogen and oxygen atoms in total. The SMILES string of the molecule is CCc1ccc(CCC(=O)NCC2CC(O)C2)cc1. The van der Waals surface area contributed by atoms with E-state index < -0.39 is 0 Å². The number of nitrogens with one attached hydrogen (secondary N) is 1. The van der Waals surface area contributed by atoms with E-state index in [1.54, 1.807) is 0 Å². The zero-order valence-corrected chi connectivity index (χ0v) is 11.6. The molecule has 0 heterocycles. The number of hydrogen-bond donors (Lipinski definition) is 2. The molecule has 104 valence electrons. The van der Waals surface area contributed by atoms with Gasteiger partial charge in [-0.1, -0.05) is 31.2 Å². The number of aliphatic hydroxyl groups excluding tert-OH is 1. The van der Waals surface area contributed by atoms with Crippen molar-refractivity contribution >= 4 is 5.91 Å². The Bertz CT molecular complexity index is 407.